The van der Waals surface area contributed by atoms with Gasteiger partial charge < -0.3 is 9.90 Å². The third kappa shape index (κ3) is 3.02. The lowest BCUT2D eigenvalue weighted by Gasteiger charge is -2.58. The molecule has 4 rings (SSSR count). The molecule has 0 bridgehead atoms. The maximum atomic E-state index is 13.6. The van der Waals surface area contributed by atoms with Gasteiger partial charge in [0.1, 0.15) is 17.3 Å². The van der Waals surface area contributed by atoms with Gasteiger partial charge in [0, 0.05) is 43.0 Å². The SMILES string of the molecule is C[C@H](CCC(=O)[O-])[C@@H]1CC[C@H]2[C@@H]3C(=O)C[C@@H]4CC(=O)CC[C@]4(C)[C@@H]3CC(=O)[C@@]21C. The van der Waals surface area contributed by atoms with Crippen LogP contribution in [0.5, 0.6) is 0 Å². The van der Waals surface area contributed by atoms with E-state index in [1.54, 1.807) is 0 Å². The van der Waals surface area contributed by atoms with Crippen molar-refractivity contribution in [2.75, 3.05) is 0 Å². The van der Waals surface area contributed by atoms with Crippen molar-refractivity contribution in [3.05, 3.63) is 0 Å². The highest BCUT2D eigenvalue weighted by Crippen LogP contribution is 2.66. The topological polar surface area (TPSA) is 91.3 Å². The van der Waals surface area contributed by atoms with Crippen LogP contribution in [0, 0.1) is 46.3 Å². The summed E-state index contributed by atoms with van der Waals surface area (Å²) in [6, 6.07) is 0. The van der Waals surface area contributed by atoms with E-state index in [4.69, 9.17) is 0 Å². The summed E-state index contributed by atoms with van der Waals surface area (Å²) in [7, 11) is 0. The molecular formula is C24H33O5-. The number of Topliss-reactive ketones (excluding diaryl/α,β-unsaturated/α-hetero) is 3. The molecule has 4 fully saturated rings. The van der Waals surface area contributed by atoms with E-state index in [9.17, 15) is 24.3 Å². The molecule has 4 aliphatic rings. The average Bonchev–Trinajstić information content (AvgIpc) is 3.01. The van der Waals surface area contributed by atoms with Crippen LogP contribution in [0.1, 0.15) is 78.6 Å². The van der Waals surface area contributed by atoms with E-state index in [1.165, 1.54) is 0 Å². The largest absolute Gasteiger partial charge is 0.550 e. The van der Waals surface area contributed by atoms with E-state index >= 15 is 0 Å². The molecule has 5 nitrogen and oxygen atoms in total. The minimum atomic E-state index is -1.04. The Kier molecular flexibility index (Phi) is 5.02. The van der Waals surface area contributed by atoms with Crippen molar-refractivity contribution >= 4 is 23.3 Å². The Labute approximate surface area is 173 Å². The number of carboxylic acid groups (broad SMARTS) is 1. The van der Waals surface area contributed by atoms with Crippen molar-refractivity contribution in [3.8, 4) is 0 Å². The highest BCUT2D eigenvalue weighted by atomic mass is 16.4. The average molecular weight is 402 g/mol. The molecule has 0 radical (unpaired) electrons. The van der Waals surface area contributed by atoms with Gasteiger partial charge in [-0.1, -0.05) is 20.8 Å². The first kappa shape index (κ1) is 20.7. The molecular weight excluding hydrogens is 368 g/mol. The van der Waals surface area contributed by atoms with Crippen LogP contribution in [-0.2, 0) is 19.2 Å². The zero-order valence-electron chi connectivity index (χ0n) is 17.9. The zero-order chi connectivity index (χ0) is 21.1. The van der Waals surface area contributed by atoms with E-state index in [0.29, 0.717) is 32.1 Å². The summed E-state index contributed by atoms with van der Waals surface area (Å²) in [5, 5.41) is 10.9. The van der Waals surface area contributed by atoms with Crippen LogP contribution in [0.4, 0.5) is 0 Å². The van der Waals surface area contributed by atoms with Gasteiger partial charge in [-0.3, -0.25) is 14.4 Å². The second-order valence-electron chi connectivity index (χ2n) is 10.8. The van der Waals surface area contributed by atoms with Crippen LogP contribution < -0.4 is 5.11 Å². The summed E-state index contributed by atoms with van der Waals surface area (Å²) in [4.78, 5) is 49.8. The first-order chi connectivity index (χ1) is 13.6. The molecule has 0 spiro atoms. The quantitative estimate of drug-likeness (QED) is 0.722. The number of fused-ring (bicyclic) bond motifs is 5. The van der Waals surface area contributed by atoms with E-state index in [1.807, 2.05) is 6.92 Å². The van der Waals surface area contributed by atoms with Crippen molar-refractivity contribution in [2.24, 2.45) is 46.3 Å². The number of hydrogen-bond donors (Lipinski definition) is 0. The lowest BCUT2D eigenvalue weighted by atomic mass is 9.44. The van der Waals surface area contributed by atoms with Gasteiger partial charge in [0.2, 0.25) is 0 Å². The minimum absolute atomic E-state index is 0.0192. The Balaban J connectivity index is 1.63. The molecule has 0 aromatic carbocycles. The molecule has 0 amide bonds. The second kappa shape index (κ2) is 7.02. The minimum Gasteiger partial charge on any atom is -0.550 e. The number of carboxylic acids is 1. The van der Waals surface area contributed by atoms with Gasteiger partial charge in [0.15, 0.2) is 0 Å². The van der Waals surface area contributed by atoms with Crippen LogP contribution in [0.25, 0.3) is 0 Å². The third-order valence-corrected chi connectivity index (χ3v) is 9.71. The van der Waals surface area contributed by atoms with Crippen LogP contribution in [-0.4, -0.2) is 23.3 Å². The fourth-order valence-corrected chi connectivity index (χ4v) is 7.94. The fraction of sp³-hybridized carbons (Fsp3) is 0.833. The van der Waals surface area contributed by atoms with Crippen LogP contribution in [0.3, 0.4) is 0 Å². The number of rotatable bonds is 4. The molecule has 0 unspecified atom stereocenters. The van der Waals surface area contributed by atoms with Gasteiger partial charge in [-0.15, -0.1) is 0 Å². The monoisotopic (exact) mass is 401 g/mol. The second-order valence-corrected chi connectivity index (χ2v) is 10.8. The number of aliphatic carboxylic acids is 1. The van der Waals surface area contributed by atoms with Crippen molar-refractivity contribution in [1.82, 2.24) is 0 Å². The lowest BCUT2D eigenvalue weighted by Crippen LogP contribution is -2.60. The number of carbonyl (C=O) groups excluding carboxylic acids is 4. The van der Waals surface area contributed by atoms with Gasteiger partial charge in [0.05, 0.1) is 0 Å². The van der Waals surface area contributed by atoms with Crippen LogP contribution >= 0.6 is 0 Å². The van der Waals surface area contributed by atoms with Crippen molar-refractivity contribution in [2.45, 2.75) is 78.6 Å². The predicted octanol–water partition coefficient (Wildman–Crippen LogP) is 2.74. The Hall–Kier alpha value is -1.52. The molecule has 4 aliphatic carbocycles. The fourth-order valence-electron chi connectivity index (χ4n) is 7.94. The molecule has 160 valence electrons. The lowest BCUT2D eigenvalue weighted by molar-refractivity contribution is -0.306. The van der Waals surface area contributed by atoms with Crippen LogP contribution in [0.2, 0.25) is 0 Å². The molecule has 4 saturated carbocycles. The first-order valence-electron chi connectivity index (χ1n) is 11.4. The van der Waals surface area contributed by atoms with E-state index in [-0.39, 0.29) is 64.7 Å². The molecule has 0 aliphatic heterocycles. The Morgan fingerprint density at radius 3 is 2.52 bits per heavy atom. The predicted molar refractivity (Wildman–Crippen MR) is 104 cm³/mol. The molecule has 0 heterocycles. The van der Waals surface area contributed by atoms with E-state index < -0.39 is 11.4 Å². The maximum Gasteiger partial charge on any atom is 0.139 e. The standard InChI is InChI=1S/C24H34O5/c1-13(4-7-21(28)29)16-5-6-17-22-18(12-20(27)24(16,17)3)23(2)9-8-15(25)10-14(23)11-19(22)26/h13-14,16-18,22H,4-12H2,1-3H3,(H,28,29)/p-1/t13-,14+,16+,17+,18-,22+,23+,24-/m1/s1. The number of carbonyl (C=O) groups is 4. The molecule has 5 heteroatoms. The first-order valence-corrected chi connectivity index (χ1v) is 11.4. The van der Waals surface area contributed by atoms with Crippen molar-refractivity contribution in [1.29, 1.82) is 0 Å². The summed E-state index contributed by atoms with van der Waals surface area (Å²) in [5.41, 5.74) is -0.627. The Bertz CT molecular complexity index is 756. The molecule has 8 atom stereocenters. The number of hydrogen-bond acceptors (Lipinski definition) is 5. The smallest absolute Gasteiger partial charge is 0.139 e. The highest BCUT2D eigenvalue weighted by molar-refractivity contribution is 5.93. The molecule has 29 heavy (non-hydrogen) atoms. The summed E-state index contributed by atoms with van der Waals surface area (Å²) < 4.78 is 0. The summed E-state index contributed by atoms with van der Waals surface area (Å²) in [5.74, 6) is 0.130. The van der Waals surface area contributed by atoms with E-state index in [0.717, 1.165) is 19.3 Å². The van der Waals surface area contributed by atoms with Crippen molar-refractivity contribution in [3.63, 3.8) is 0 Å². The Morgan fingerprint density at radius 2 is 1.83 bits per heavy atom. The molecule has 0 aromatic rings. The summed E-state index contributed by atoms with van der Waals surface area (Å²) in [6.07, 6.45) is 5.08. The summed E-state index contributed by atoms with van der Waals surface area (Å²) in [6.45, 7) is 6.32. The summed E-state index contributed by atoms with van der Waals surface area (Å²) >= 11 is 0. The van der Waals surface area contributed by atoms with Gasteiger partial charge >= 0.3 is 0 Å². The van der Waals surface area contributed by atoms with Gasteiger partial charge in [-0.2, -0.15) is 0 Å². The molecule has 0 N–H and O–H groups in total. The van der Waals surface area contributed by atoms with Gasteiger partial charge in [0.25, 0.3) is 0 Å². The Morgan fingerprint density at radius 1 is 1.10 bits per heavy atom. The van der Waals surface area contributed by atoms with Gasteiger partial charge in [-0.25, -0.2) is 0 Å². The maximum absolute atomic E-state index is 13.6. The molecule has 0 aromatic heterocycles. The van der Waals surface area contributed by atoms with Crippen LogP contribution in [0.15, 0.2) is 0 Å². The third-order valence-electron chi connectivity index (χ3n) is 9.71. The number of ketones is 3. The molecule has 0 saturated heterocycles. The van der Waals surface area contributed by atoms with E-state index in [2.05, 4.69) is 13.8 Å². The zero-order valence-corrected chi connectivity index (χ0v) is 17.9. The normalized spacial score (nSPS) is 45.3. The van der Waals surface area contributed by atoms with Gasteiger partial charge in [-0.05, 0) is 67.1 Å². The van der Waals surface area contributed by atoms with Crippen molar-refractivity contribution < 1.29 is 24.3 Å². The highest BCUT2D eigenvalue weighted by Gasteiger charge is 2.66.